The van der Waals surface area contributed by atoms with E-state index in [1.165, 1.54) is 50.0 Å². The van der Waals surface area contributed by atoms with E-state index in [1.807, 2.05) is 0 Å². The molecule has 192 valence electrons. The van der Waals surface area contributed by atoms with Crippen molar-refractivity contribution >= 4 is 69.9 Å². The van der Waals surface area contributed by atoms with Crippen LogP contribution in [-0.4, -0.2) is 95.7 Å². The maximum atomic E-state index is 12.8. The quantitative estimate of drug-likeness (QED) is 0.179. The van der Waals surface area contributed by atoms with E-state index in [4.69, 9.17) is 5.41 Å². The molecule has 0 spiro atoms. The average molecular weight is 572 g/mol. The summed E-state index contributed by atoms with van der Waals surface area (Å²) in [5.74, 6) is -1.74. The Morgan fingerprint density at radius 3 is 2.69 bits per heavy atom. The van der Waals surface area contributed by atoms with Gasteiger partial charge in [0.2, 0.25) is 16.6 Å². The maximum absolute atomic E-state index is 12.8. The molecule has 4 rings (SSSR count). The summed E-state index contributed by atoms with van der Waals surface area (Å²) < 4.78 is 1.19. The van der Waals surface area contributed by atoms with Crippen LogP contribution in [0.15, 0.2) is 21.0 Å². The fraction of sp³-hybridized carbons (Fsp3) is 0.421. The second-order valence-electron chi connectivity index (χ2n) is 7.95. The summed E-state index contributed by atoms with van der Waals surface area (Å²) in [6.07, 6.45) is -0.0866. The monoisotopic (exact) mass is 571 g/mol. The van der Waals surface area contributed by atoms with Gasteiger partial charge in [-0.2, -0.15) is 4.73 Å². The van der Waals surface area contributed by atoms with E-state index in [1.54, 1.807) is 14.1 Å². The Morgan fingerprint density at radius 1 is 1.31 bits per heavy atom. The standard InChI is InChI=1S/C19H21N7O6S4/c1-24(2)12(28)4-11-22-23-19(36-11)35-6-8-5-33-16-13(15(29)25(16)14(8)17(30)31)21-10(27)3-9-7-34-18(20)26(9)32/h7,13,16,20,32H,3-6H2,1-2H3,(H,21,27)(H,30,31)/t13?,16-/m0/s1. The number of carbonyl (C=O) groups is 4. The zero-order valence-electron chi connectivity index (χ0n) is 19.0. The van der Waals surface area contributed by atoms with Crippen LogP contribution >= 0.6 is 46.2 Å². The average Bonchev–Trinajstić information content (AvgIpc) is 3.41. The van der Waals surface area contributed by atoms with Crippen molar-refractivity contribution in [1.82, 2.24) is 30.0 Å². The highest BCUT2D eigenvalue weighted by atomic mass is 32.2. The molecule has 1 unspecified atom stereocenters. The predicted octanol–water partition coefficient (Wildman–Crippen LogP) is -0.178. The Bertz CT molecular complexity index is 1320. The van der Waals surface area contributed by atoms with Crippen molar-refractivity contribution in [1.29, 1.82) is 5.41 Å². The molecule has 4 heterocycles. The molecule has 2 aromatic rings. The summed E-state index contributed by atoms with van der Waals surface area (Å²) in [6, 6.07) is -0.882. The second-order valence-corrected chi connectivity index (χ2v) is 12.2. The smallest absolute Gasteiger partial charge is 0.352 e. The number of likely N-dealkylation sites (N-methyl/N-ethyl adjacent to an activating group) is 1. The molecule has 0 aliphatic carbocycles. The van der Waals surface area contributed by atoms with Crippen molar-refractivity contribution in [2.75, 3.05) is 25.6 Å². The molecule has 0 radical (unpaired) electrons. The zero-order valence-corrected chi connectivity index (χ0v) is 22.2. The number of β-lactam (4-membered cyclic amide) rings is 1. The van der Waals surface area contributed by atoms with Crippen LogP contribution in [0.2, 0.25) is 0 Å². The number of hydrogen-bond acceptors (Lipinski definition) is 12. The molecule has 13 nitrogen and oxygen atoms in total. The lowest BCUT2D eigenvalue weighted by Gasteiger charge is -2.49. The number of thiazole rings is 1. The van der Waals surface area contributed by atoms with Crippen LogP contribution in [0, 0.1) is 5.41 Å². The highest BCUT2D eigenvalue weighted by Crippen LogP contribution is 2.41. The summed E-state index contributed by atoms with van der Waals surface area (Å²) in [5.41, 5.74) is 0.675. The fourth-order valence-corrected chi connectivity index (χ4v) is 7.48. The molecule has 0 saturated carbocycles. The molecule has 17 heteroatoms. The number of aromatic nitrogens is 3. The Labute approximate surface area is 220 Å². The lowest BCUT2D eigenvalue weighted by atomic mass is 10.0. The fourth-order valence-electron chi connectivity index (χ4n) is 3.46. The summed E-state index contributed by atoms with van der Waals surface area (Å²) in [7, 11) is 3.31. The minimum absolute atomic E-state index is 0.0980. The van der Waals surface area contributed by atoms with Crippen LogP contribution in [0.4, 0.5) is 0 Å². The van der Waals surface area contributed by atoms with Crippen molar-refractivity contribution < 1.29 is 29.5 Å². The Hall–Kier alpha value is -2.89. The Morgan fingerprint density at radius 2 is 2.06 bits per heavy atom. The molecule has 36 heavy (non-hydrogen) atoms. The van der Waals surface area contributed by atoms with E-state index in [-0.39, 0.29) is 40.7 Å². The molecule has 4 N–H and O–H groups in total. The van der Waals surface area contributed by atoms with E-state index in [2.05, 4.69) is 15.5 Å². The summed E-state index contributed by atoms with van der Waals surface area (Å²) >= 11 is 4.86. The van der Waals surface area contributed by atoms with Crippen molar-refractivity contribution in [2.45, 2.75) is 28.6 Å². The third kappa shape index (κ3) is 5.28. The Kier molecular flexibility index (Phi) is 7.72. The first-order valence-corrected chi connectivity index (χ1v) is 14.1. The SMILES string of the molecule is CN(C)C(=O)Cc1nnc(SCC2=C(C(=O)O)N3C(=O)C(NC(=O)Cc4csc(=N)n4O)[C@@H]3SC2)s1. The number of nitrogens with zero attached hydrogens (tertiary/aromatic N) is 5. The predicted molar refractivity (Wildman–Crippen MR) is 132 cm³/mol. The molecule has 0 aromatic carbocycles. The number of carboxylic acids is 1. The van der Waals surface area contributed by atoms with Gasteiger partial charge in [-0.1, -0.05) is 23.1 Å². The topological polar surface area (TPSA) is 182 Å². The first kappa shape index (κ1) is 26.2. The highest BCUT2D eigenvalue weighted by molar-refractivity contribution is 8.01. The lowest BCUT2D eigenvalue weighted by molar-refractivity contribution is -0.150. The maximum Gasteiger partial charge on any atom is 0.352 e. The van der Waals surface area contributed by atoms with Crippen molar-refractivity contribution in [3.63, 3.8) is 0 Å². The summed E-state index contributed by atoms with van der Waals surface area (Å²) in [4.78, 5) is 51.6. The number of amides is 3. The molecular formula is C19H21N7O6S4. The van der Waals surface area contributed by atoms with Crippen LogP contribution in [0.25, 0.3) is 0 Å². The largest absolute Gasteiger partial charge is 0.477 e. The molecule has 2 atom stereocenters. The van der Waals surface area contributed by atoms with Gasteiger partial charge in [0.15, 0.2) is 4.34 Å². The van der Waals surface area contributed by atoms with Gasteiger partial charge in [-0.15, -0.1) is 33.3 Å². The van der Waals surface area contributed by atoms with E-state index in [0.717, 1.165) is 11.3 Å². The molecule has 1 fully saturated rings. The Balaban J connectivity index is 1.39. The van der Waals surface area contributed by atoms with Crippen LogP contribution in [0.1, 0.15) is 10.7 Å². The number of fused-ring (bicyclic) bond motifs is 1. The molecule has 3 amide bonds. The van der Waals surface area contributed by atoms with Crippen LogP contribution in [-0.2, 0) is 32.0 Å². The summed E-state index contributed by atoms with van der Waals surface area (Å²) in [5, 5.41) is 39.2. The van der Waals surface area contributed by atoms with Gasteiger partial charge in [0.05, 0.1) is 18.5 Å². The van der Waals surface area contributed by atoms with Gasteiger partial charge in [-0.25, -0.2) is 4.79 Å². The lowest BCUT2D eigenvalue weighted by Crippen LogP contribution is -2.70. The van der Waals surface area contributed by atoms with Gasteiger partial charge in [-0.05, 0) is 5.57 Å². The van der Waals surface area contributed by atoms with Gasteiger partial charge in [0.1, 0.15) is 22.1 Å². The number of carboxylic acid groups (broad SMARTS) is 1. The second kappa shape index (κ2) is 10.6. The van der Waals surface area contributed by atoms with Gasteiger partial charge < -0.3 is 20.5 Å². The number of thioether (sulfide) groups is 2. The number of hydrogen-bond donors (Lipinski definition) is 4. The molecule has 2 aliphatic rings. The first-order chi connectivity index (χ1) is 17.1. The third-order valence-corrected chi connectivity index (χ3v) is 9.57. The first-order valence-electron chi connectivity index (χ1n) is 10.3. The molecule has 2 aliphatic heterocycles. The van der Waals surface area contributed by atoms with E-state index in [9.17, 15) is 29.5 Å². The normalized spacial score (nSPS) is 19.1. The number of nitrogens with one attached hydrogen (secondary N) is 2. The molecular weight excluding hydrogens is 551 g/mol. The van der Waals surface area contributed by atoms with E-state index >= 15 is 0 Å². The van der Waals surface area contributed by atoms with Crippen LogP contribution in [0.5, 0.6) is 0 Å². The van der Waals surface area contributed by atoms with Gasteiger partial charge in [0, 0.05) is 31.0 Å². The third-order valence-electron chi connectivity index (χ3n) is 5.30. The molecule has 0 bridgehead atoms. The van der Waals surface area contributed by atoms with E-state index < -0.39 is 29.2 Å². The van der Waals surface area contributed by atoms with Crippen molar-refractivity contribution in [2.24, 2.45) is 0 Å². The minimum Gasteiger partial charge on any atom is -0.477 e. The van der Waals surface area contributed by atoms with E-state index in [0.29, 0.717) is 25.4 Å². The summed E-state index contributed by atoms with van der Waals surface area (Å²) in [6.45, 7) is 0. The number of carbonyl (C=O) groups excluding carboxylic acids is 3. The molecule has 2 aromatic heterocycles. The van der Waals surface area contributed by atoms with Gasteiger partial charge in [-0.3, -0.25) is 24.7 Å². The zero-order chi connectivity index (χ0) is 26.1. The van der Waals surface area contributed by atoms with Crippen LogP contribution < -0.4 is 10.1 Å². The molecule has 1 saturated heterocycles. The van der Waals surface area contributed by atoms with Gasteiger partial charge >= 0.3 is 5.97 Å². The van der Waals surface area contributed by atoms with Gasteiger partial charge in [0.25, 0.3) is 5.91 Å². The minimum atomic E-state index is -1.23. The highest BCUT2D eigenvalue weighted by Gasteiger charge is 2.54. The van der Waals surface area contributed by atoms with Crippen molar-refractivity contribution in [3.8, 4) is 0 Å². The van der Waals surface area contributed by atoms with Crippen molar-refractivity contribution in [3.05, 3.63) is 32.2 Å². The number of rotatable bonds is 9. The van der Waals surface area contributed by atoms with Crippen LogP contribution in [0.3, 0.4) is 0 Å². The number of aliphatic carboxylic acids is 1.